The van der Waals surface area contributed by atoms with Gasteiger partial charge in [-0.2, -0.15) is 0 Å². The van der Waals surface area contributed by atoms with E-state index in [4.69, 9.17) is 11.5 Å². The molecular formula is C14H14N2OS. The van der Waals surface area contributed by atoms with Crippen LogP contribution < -0.4 is 11.5 Å². The van der Waals surface area contributed by atoms with Gasteiger partial charge in [0.15, 0.2) is 0 Å². The summed E-state index contributed by atoms with van der Waals surface area (Å²) in [5.74, 6) is 0. The molecule has 0 unspecified atom stereocenters. The molecule has 0 fully saturated rings. The van der Waals surface area contributed by atoms with Gasteiger partial charge in [0.05, 0.1) is 20.6 Å². The van der Waals surface area contributed by atoms with Gasteiger partial charge in [-0.05, 0) is 60.4 Å². The molecule has 0 atom stereocenters. The molecule has 4 heteroatoms. The molecule has 92 valence electrons. The molecule has 1 heterocycles. The highest BCUT2D eigenvalue weighted by Gasteiger charge is 2.27. The van der Waals surface area contributed by atoms with E-state index in [0.717, 1.165) is 32.0 Å². The van der Waals surface area contributed by atoms with Crippen molar-refractivity contribution in [3.63, 3.8) is 0 Å². The van der Waals surface area contributed by atoms with Gasteiger partial charge in [-0.15, -0.1) is 0 Å². The zero-order chi connectivity index (χ0) is 13.0. The molecule has 0 aliphatic carbocycles. The lowest BCUT2D eigenvalue weighted by Crippen LogP contribution is -1.93. The molecule has 1 aliphatic heterocycles. The summed E-state index contributed by atoms with van der Waals surface area (Å²) in [6, 6.07) is 7.63. The summed E-state index contributed by atoms with van der Waals surface area (Å²) in [6.07, 6.45) is 0. The Morgan fingerprint density at radius 1 is 0.833 bits per heavy atom. The number of nitrogens with two attached hydrogens (primary N) is 2. The Balaban J connectivity index is 2.37. The second-order valence-corrected chi connectivity index (χ2v) is 6.10. The first-order valence-electron chi connectivity index (χ1n) is 5.71. The van der Waals surface area contributed by atoms with Crippen LogP contribution in [0.3, 0.4) is 0 Å². The van der Waals surface area contributed by atoms with Crippen LogP contribution >= 0.6 is 0 Å². The molecule has 1 aliphatic rings. The van der Waals surface area contributed by atoms with E-state index >= 15 is 0 Å². The average molecular weight is 258 g/mol. The van der Waals surface area contributed by atoms with Crippen LogP contribution in [0.2, 0.25) is 0 Å². The second kappa shape index (κ2) is 3.59. The van der Waals surface area contributed by atoms with Crippen LogP contribution in [0.25, 0.3) is 11.1 Å². The highest BCUT2D eigenvalue weighted by molar-refractivity contribution is 7.85. The van der Waals surface area contributed by atoms with Gasteiger partial charge in [-0.1, -0.05) is 0 Å². The van der Waals surface area contributed by atoms with Crippen LogP contribution in [-0.2, 0) is 10.8 Å². The standard InChI is InChI=1S/C14H14N2OS/c1-7-3-9-10-4-8(2)12(16)6-14(10)18(17)13(9)5-11(7)15/h3-6H,15-16H2,1-2H3. The summed E-state index contributed by atoms with van der Waals surface area (Å²) in [5, 5.41) is 0. The molecule has 0 amide bonds. The molecule has 0 bridgehead atoms. The molecule has 0 spiro atoms. The summed E-state index contributed by atoms with van der Waals surface area (Å²) in [6.45, 7) is 3.92. The van der Waals surface area contributed by atoms with Gasteiger partial charge in [-0.3, -0.25) is 0 Å². The molecule has 0 saturated carbocycles. The summed E-state index contributed by atoms with van der Waals surface area (Å²) in [4.78, 5) is 1.58. The van der Waals surface area contributed by atoms with E-state index in [9.17, 15) is 4.21 Å². The number of nitrogen functional groups attached to an aromatic ring is 2. The van der Waals surface area contributed by atoms with E-state index in [-0.39, 0.29) is 0 Å². The molecular weight excluding hydrogens is 244 g/mol. The van der Waals surface area contributed by atoms with Crippen molar-refractivity contribution < 1.29 is 4.21 Å². The lowest BCUT2D eigenvalue weighted by atomic mass is 10.0. The zero-order valence-electron chi connectivity index (χ0n) is 10.3. The first-order chi connectivity index (χ1) is 8.49. The number of hydrogen-bond donors (Lipinski definition) is 2. The van der Waals surface area contributed by atoms with Crippen molar-refractivity contribution in [2.75, 3.05) is 11.5 Å². The smallest absolute Gasteiger partial charge is 0.0863 e. The Labute approximate surface area is 108 Å². The van der Waals surface area contributed by atoms with E-state index in [1.165, 1.54) is 0 Å². The summed E-state index contributed by atoms with van der Waals surface area (Å²) in [7, 11) is -1.17. The molecule has 0 radical (unpaired) electrons. The molecule has 3 nitrogen and oxygen atoms in total. The van der Waals surface area contributed by atoms with Crippen molar-refractivity contribution in [3.8, 4) is 11.1 Å². The van der Waals surface area contributed by atoms with Gasteiger partial charge in [0.25, 0.3) is 0 Å². The monoisotopic (exact) mass is 258 g/mol. The SMILES string of the molecule is Cc1cc2c(cc1N)S(=O)c1cc(N)c(C)cc1-2. The van der Waals surface area contributed by atoms with Crippen LogP contribution in [0, 0.1) is 13.8 Å². The van der Waals surface area contributed by atoms with Gasteiger partial charge in [0.1, 0.15) is 0 Å². The molecule has 2 aromatic carbocycles. The van der Waals surface area contributed by atoms with Gasteiger partial charge in [-0.25, -0.2) is 4.21 Å². The van der Waals surface area contributed by atoms with Crippen LogP contribution in [0.1, 0.15) is 11.1 Å². The largest absolute Gasteiger partial charge is 0.398 e. The highest BCUT2D eigenvalue weighted by atomic mass is 32.2. The molecule has 18 heavy (non-hydrogen) atoms. The first kappa shape index (κ1) is 11.3. The van der Waals surface area contributed by atoms with Crippen LogP contribution in [0.4, 0.5) is 11.4 Å². The quantitative estimate of drug-likeness (QED) is 0.609. The minimum Gasteiger partial charge on any atom is -0.398 e. The van der Waals surface area contributed by atoms with Gasteiger partial charge < -0.3 is 11.5 Å². The predicted molar refractivity (Wildman–Crippen MR) is 74.9 cm³/mol. The molecule has 0 saturated heterocycles. The third-order valence-electron chi connectivity index (χ3n) is 3.43. The first-order valence-corrected chi connectivity index (χ1v) is 6.86. The number of rotatable bonds is 0. The van der Waals surface area contributed by atoms with Gasteiger partial charge in [0, 0.05) is 11.4 Å². The Kier molecular flexibility index (Phi) is 2.25. The molecule has 3 rings (SSSR count). The lowest BCUT2D eigenvalue weighted by molar-refractivity contribution is 0.685. The van der Waals surface area contributed by atoms with E-state index in [1.807, 2.05) is 38.1 Å². The Morgan fingerprint density at radius 2 is 1.22 bits per heavy atom. The Hall–Kier alpha value is -1.81. The molecule has 2 aromatic rings. The fraction of sp³-hybridized carbons (Fsp3) is 0.143. The molecule has 0 aromatic heterocycles. The Bertz CT molecular complexity index is 648. The normalized spacial score (nSPS) is 13.4. The second-order valence-electron chi connectivity index (χ2n) is 4.68. The van der Waals surface area contributed by atoms with Crippen molar-refractivity contribution in [2.45, 2.75) is 23.6 Å². The maximum atomic E-state index is 12.4. The highest BCUT2D eigenvalue weighted by Crippen LogP contribution is 2.43. The van der Waals surface area contributed by atoms with E-state index in [1.54, 1.807) is 0 Å². The maximum absolute atomic E-state index is 12.4. The zero-order valence-corrected chi connectivity index (χ0v) is 11.1. The fourth-order valence-electron chi connectivity index (χ4n) is 2.25. The summed E-state index contributed by atoms with van der Waals surface area (Å²) >= 11 is 0. The summed E-state index contributed by atoms with van der Waals surface area (Å²) in [5.41, 5.74) is 17.2. The van der Waals surface area contributed by atoms with Gasteiger partial charge in [0.2, 0.25) is 0 Å². The lowest BCUT2D eigenvalue weighted by Gasteiger charge is -2.06. The third-order valence-corrected chi connectivity index (χ3v) is 4.90. The average Bonchev–Trinajstić information content (AvgIpc) is 2.56. The van der Waals surface area contributed by atoms with Crippen molar-refractivity contribution in [1.82, 2.24) is 0 Å². The fourth-order valence-corrected chi connectivity index (χ4v) is 3.70. The predicted octanol–water partition coefficient (Wildman–Crippen LogP) is 2.61. The van der Waals surface area contributed by atoms with Crippen LogP contribution in [0.15, 0.2) is 34.1 Å². The number of benzene rings is 2. The Morgan fingerprint density at radius 3 is 1.61 bits per heavy atom. The number of fused-ring (bicyclic) bond motifs is 3. The van der Waals surface area contributed by atoms with Crippen LogP contribution in [-0.4, -0.2) is 4.21 Å². The van der Waals surface area contributed by atoms with Crippen molar-refractivity contribution >= 4 is 22.2 Å². The van der Waals surface area contributed by atoms with Gasteiger partial charge >= 0.3 is 0 Å². The number of anilines is 2. The van der Waals surface area contributed by atoms with E-state index in [0.29, 0.717) is 11.4 Å². The van der Waals surface area contributed by atoms with Crippen molar-refractivity contribution in [1.29, 1.82) is 0 Å². The van der Waals surface area contributed by atoms with Crippen LogP contribution in [0.5, 0.6) is 0 Å². The third kappa shape index (κ3) is 1.39. The topological polar surface area (TPSA) is 69.1 Å². The van der Waals surface area contributed by atoms with Crippen molar-refractivity contribution in [3.05, 3.63) is 35.4 Å². The minimum atomic E-state index is -1.17. The van der Waals surface area contributed by atoms with Crippen molar-refractivity contribution in [2.24, 2.45) is 0 Å². The minimum absolute atomic E-state index is 0.680. The number of hydrogen-bond acceptors (Lipinski definition) is 3. The van der Waals surface area contributed by atoms with E-state index in [2.05, 4.69) is 0 Å². The summed E-state index contributed by atoms with van der Waals surface area (Å²) < 4.78 is 12.4. The number of aryl methyl sites for hydroxylation is 2. The molecule has 4 N–H and O–H groups in total. The van der Waals surface area contributed by atoms with E-state index < -0.39 is 10.8 Å². The maximum Gasteiger partial charge on any atom is 0.0863 e.